The van der Waals surface area contributed by atoms with Crippen LogP contribution in [0, 0.1) is 32.7 Å². The van der Waals surface area contributed by atoms with E-state index in [4.69, 9.17) is 0 Å². The van der Waals surface area contributed by atoms with Crippen LogP contribution in [0.4, 0.5) is 15.8 Å². The third kappa shape index (κ3) is 2.10. The van der Waals surface area contributed by atoms with Gasteiger partial charge in [0.25, 0.3) is 0 Å². The SMILES string of the molecule is CC12CCC(C1)C(C)(C)C2Nc1ccc(F)c([N+](=O)[O-])c1. The molecule has 0 heterocycles. The van der Waals surface area contributed by atoms with Crippen molar-refractivity contribution in [1.82, 2.24) is 0 Å². The molecule has 1 N–H and O–H groups in total. The molecule has 0 saturated heterocycles. The summed E-state index contributed by atoms with van der Waals surface area (Å²) in [5.41, 5.74) is 0.536. The van der Waals surface area contributed by atoms with Gasteiger partial charge >= 0.3 is 5.69 Å². The molecule has 5 heteroatoms. The molecule has 114 valence electrons. The fourth-order valence-electron chi connectivity index (χ4n) is 4.57. The molecule has 3 atom stereocenters. The zero-order valence-electron chi connectivity index (χ0n) is 12.6. The monoisotopic (exact) mass is 292 g/mol. The molecule has 0 spiro atoms. The van der Waals surface area contributed by atoms with Crippen LogP contribution in [0.1, 0.15) is 40.0 Å². The lowest BCUT2D eigenvalue weighted by Gasteiger charge is -2.43. The molecule has 2 saturated carbocycles. The summed E-state index contributed by atoms with van der Waals surface area (Å²) < 4.78 is 13.4. The van der Waals surface area contributed by atoms with Gasteiger partial charge in [0.05, 0.1) is 4.92 Å². The van der Waals surface area contributed by atoms with Crippen LogP contribution in [0.5, 0.6) is 0 Å². The van der Waals surface area contributed by atoms with E-state index >= 15 is 0 Å². The van der Waals surface area contributed by atoms with Gasteiger partial charge in [-0.1, -0.05) is 20.8 Å². The van der Waals surface area contributed by atoms with Crippen LogP contribution in [0.3, 0.4) is 0 Å². The van der Waals surface area contributed by atoms with Gasteiger partial charge in [0.2, 0.25) is 5.82 Å². The van der Waals surface area contributed by atoms with Crippen molar-refractivity contribution in [3.63, 3.8) is 0 Å². The van der Waals surface area contributed by atoms with E-state index in [1.807, 2.05) is 0 Å². The second-order valence-electron chi connectivity index (χ2n) is 7.42. The van der Waals surface area contributed by atoms with Gasteiger partial charge in [0.1, 0.15) is 0 Å². The lowest BCUT2D eigenvalue weighted by molar-refractivity contribution is -0.387. The molecule has 1 aromatic rings. The molecule has 4 nitrogen and oxygen atoms in total. The first kappa shape index (κ1) is 14.3. The van der Waals surface area contributed by atoms with E-state index in [-0.39, 0.29) is 16.9 Å². The standard InChI is InChI=1S/C16H21FN2O2/c1-15(2)10-6-7-16(3,9-10)14(15)18-11-4-5-12(17)13(8-11)19(20)21/h4-5,8,10,14,18H,6-7,9H2,1-3H3. The van der Waals surface area contributed by atoms with Gasteiger partial charge in [-0.15, -0.1) is 0 Å². The molecule has 2 aliphatic carbocycles. The Morgan fingerprint density at radius 2 is 2.10 bits per heavy atom. The predicted octanol–water partition coefficient (Wildman–Crippen LogP) is 4.36. The molecule has 2 fully saturated rings. The van der Waals surface area contributed by atoms with Gasteiger partial charge in [-0.05, 0) is 48.1 Å². The normalized spacial score (nSPS) is 33.1. The highest BCUT2D eigenvalue weighted by atomic mass is 19.1. The summed E-state index contributed by atoms with van der Waals surface area (Å²) in [7, 11) is 0. The third-order valence-corrected chi connectivity index (χ3v) is 5.72. The van der Waals surface area contributed by atoms with Crippen LogP contribution >= 0.6 is 0 Å². The largest absolute Gasteiger partial charge is 0.381 e. The first-order valence-corrected chi connectivity index (χ1v) is 7.44. The number of halogens is 1. The minimum absolute atomic E-state index is 0.149. The quantitative estimate of drug-likeness (QED) is 0.665. The minimum Gasteiger partial charge on any atom is -0.381 e. The molecule has 3 unspecified atom stereocenters. The maximum absolute atomic E-state index is 13.4. The fourth-order valence-corrected chi connectivity index (χ4v) is 4.57. The van der Waals surface area contributed by atoms with Gasteiger partial charge in [-0.3, -0.25) is 10.1 Å². The Kier molecular flexibility index (Phi) is 3.01. The van der Waals surface area contributed by atoms with E-state index in [2.05, 4.69) is 26.1 Å². The van der Waals surface area contributed by atoms with E-state index < -0.39 is 16.4 Å². The minimum atomic E-state index is -0.788. The van der Waals surface area contributed by atoms with Crippen LogP contribution in [0.25, 0.3) is 0 Å². The summed E-state index contributed by atoms with van der Waals surface area (Å²) in [4.78, 5) is 10.2. The Balaban J connectivity index is 1.90. The van der Waals surface area contributed by atoms with Crippen LogP contribution in [0.2, 0.25) is 0 Å². The van der Waals surface area contributed by atoms with Crippen LogP contribution in [0.15, 0.2) is 18.2 Å². The molecule has 2 aliphatic rings. The summed E-state index contributed by atoms with van der Waals surface area (Å²) in [5, 5.41) is 14.3. The number of benzene rings is 1. The van der Waals surface area contributed by atoms with Gasteiger partial charge in [-0.2, -0.15) is 4.39 Å². The topological polar surface area (TPSA) is 55.2 Å². The molecule has 21 heavy (non-hydrogen) atoms. The van der Waals surface area contributed by atoms with Gasteiger partial charge < -0.3 is 5.32 Å². The molecular formula is C16H21FN2O2. The molecular weight excluding hydrogens is 271 g/mol. The number of hydrogen-bond donors (Lipinski definition) is 1. The summed E-state index contributed by atoms with van der Waals surface area (Å²) in [6.07, 6.45) is 3.63. The summed E-state index contributed by atoms with van der Waals surface area (Å²) in [6.45, 7) is 6.81. The number of nitro groups is 1. The maximum Gasteiger partial charge on any atom is 0.306 e. The van der Waals surface area contributed by atoms with Crippen LogP contribution in [-0.4, -0.2) is 11.0 Å². The zero-order valence-corrected chi connectivity index (χ0v) is 12.6. The number of anilines is 1. The van der Waals surface area contributed by atoms with Crippen LogP contribution in [-0.2, 0) is 0 Å². The highest BCUT2D eigenvalue weighted by molar-refractivity contribution is 5.53. The number of rotatable bonds is 3. The molecule has 3 rings (SSSR count). The van der Waals surface area contributed by atoms with Gasteiger partial charge in [0.15, 0.2) is 0 Å². The lowest BCUT2D eigenvalue weighted by atomic mass is 9.68. The smallest absolute Gasteiger partial charge is 0.306 e. The van der Waals surface area contributed by atoms with Gasteiger partial charge in [0, 0.05) is 17.8 Å². The van der Waals surface area contributed by atoms with E-state index in [0.29, 0.717) is 11.6 Å². The van der Waals surface area contributed by atoms with Crippen molar-refractivity contribution in [2.75, 3.05) is 5.32 Å². The van der Waals surface area contributed by atoms with Gasteiger partial charge in [-0.25, -0.2) is 0 Å². The number of nitro benzene ring substituents is 1. The first-order valence-electron chi connectivity index (χ1n) is 7.44. The number of hydrogen-bond acceptors (Lipinski definition) is 3. The Bertz CT molecular complexity index is 597. The Hall–Kier alpha value is -1.65. The molecule has 0 amide bonds. The first-order chi connectivity index (χ1) is 9.74. The molecule has 1 aromatic carbocycles. The summed E-state index contributed by atoms with van der Waals surface area (Å²) in [6, 6.07) is 4.33. The molecule has 0 radical (unpaired) electrons. The van der Waals surface area contributed by atoms with Crippen LogP contribution < -0.4 is 5.32 Å². The molecule has 0 aliphatic heterocycles. The molecule has 2 bridgehead atoms. The highest BCUT2D eigenvalue weighted by Crippen LogP contribution is 2.63. The second kappa shape index (κ2) is 4.42. The third-order valence-electron chi connectivity index (χ3n) is 5.72. The maximum atomic E-state index is 13.4. The van der Waals surface area contributed by atoms with Crippen molar-refractivity contribution < 1.29 is 9.31 Å². The Labute approximate surface area is 123 Å². The average Bonchev–Trinajstić information content (AvgIpc) is 2.87. The number of nitrogens with one attached hydrogen (secondary N) is 1. The van der Waals surface area contributed by atoms with E-state index in [0.717, 1.165) is 0 Å². The lowest BCUT2D eigenvalue weighted by Crippen LogP contribution is -2.45. The Morgan fingerprint density at radius 1 is 1.38 bits per heavy atom. The van der Waals surface area contributed by atoms with E-state index in [9.17, 15) is 14.5 Å². The van der Waals surface area contributed by atoms with Crippen molar-refractivity contribution in [2.24, 2.45) is 16.7 Å². The number of nitrogens with zero attached hydrogens (tertiary/aromatic N) is 1. The van der Waals surface area contributed by atoms with E-state index in [1.54, 1.807) is 6.07 Å². The summed E-state index contributed by atoms with van der Waals surface area (Å²) >= 11 is 0. The van der Waals surface area contributed by atoms with Crippen molar-refractivity contribution >= 4 is 11.4 Å². The van der Waals surface area contributed by atoms with Crippen molar-refractivity contribution in [3.8, 4) is 0 Å². The predicted molar refractivity (Wildman–Crippen MR) is 79.7 cm³/mol. The number of fused-ring (bicyclic) bond motifs is 2. The summed E-state index contributed by atoms with van der Waals surface area (Å²) in [5.74, 6) is -0.0978. The van der Waals surface area contributed by atoms with E-state index in [1.165, 1.54) is 31.4 Å². The zero-order chi connectivity index (χ0) is 15.4. The molecule has 0 aromatic heterocycles. The second-order valence-corrected chi connectivity index (χ2v) is 7.42. The Morgan fingerprint density at radius 3 is 2.67 bits per heavy atom. The van der Waals surface area contributed by atoms with Crippen molar-refractivity contribution in [1.29, 1.82) is 0 Å². The highest BCUT2D eigenvalue weighted by Gasteiger charge is 2.59. The fraction of sp³-hybridized carbons (Fsp3) is 0.625. The van der Waals surface area contributed by atoms with Crippen molar-refractivity contribution in [2.45, 2.75) is 46.1 Å². The van der Waals surface area contributed by atoms with Crippen molar-refractivity contribution in [3.05, 3.63) is 34.1 Å². The average molecular weight is 292 g/mol.